The van der Waals surface area contributed by atoms with Crippen LogP contribution in [0, 0.1) is 44.6 Å². The van der Waals surface area contributed by atoms with Crippen molar-refractivity contribution in [2.24, 2.45) is 34.5 Å². The molecule has 0 saturated heterocycles. The molecule has 0 heterocycles. The van der Waals surface area contributed by atoms with E-state index in [2.05, 4.69) is 13.8 Å². The summed E-state index contributed by atoms with van der Waals surface area (Å²) in [4.78, 5) is 11.5. The first-order valence-corrected chi connectivity index (χ1v) is 9.68. The van der Waals surface area contributed by atoms with E-state index in [1.807, 2.05) is 0 Å². The molecule has 0 spiro atoms. The van der Waals surface area contributed by atoms with Crippen molar-refractivity contribution in [1.29, 1.82) is 0 Å². The monoisotopic (exact) mass is 321 g/mol. The zero-order valence-electron chi connectivity index (χ0n) is 14.5. The third-order valence-corrected chi connectivity index (χ3v) is 8.84. The van der Waals surface area contributed by atoms with Crippen molar-refractivity contribution in [3.8, 4) is 0 Å². The predicted octanol–water partition coefficient (Wildman–Crippen LogP) is 4.04. The SMILES string of the molecule is C[C@]12CC[C@@H](O)CC1CCC1C2CC[C@@]2(C)C1CC[C@@H]2[N+](=O)[O-]. The summed E-state index contributed by atoms with van der Waals surface area (Å²) >= 11 is 0. The first kappa shape index (κ1) is 15.9. The highest BCUT2D eigenvalue weighted by Crippen LogP contribution is 2.66. The maximum atomic E-state index is 11.5. The van der Waals surface area contributed by atoms with Crippen LogP contribution in [0.2, 0.25) is 0 Å². The summed E-state index contributed by atoms with van der Waals surface area (Å²) in [6, 6.07) is -0.313. The van der Waals surface area contributed by atoms with Crippen LogP contribution in [-0.4, -0.2) is 22.2 Å². The molecule has 23 heavy (non-hydrogen) atoms. The van der Waals surface area contributed by atoms with E-state index in [0.717, 1.165) is 44.4 Å². The van der Waals surface area contributed by atoms with Crippen LogP contribution in [0.5, 0.6) is 0 Å². The molecule has 0 aliphatic heterocycles. The standard InChI is InChI=1S/C19H31NO3/c1-18-9-7-13(21)11-12(18)3-4-14-15-5-6-17(20(22)23)19(15,2)10-8-16(14)18/h12-17,21H,3-11H2,1-2H3/t12?,13-,14?,15?,16?,17+,18+,19+/m1/s1. The third kappa shape index (κ3) is 2.13. The van der Waals surface area contributed by atoms with Crippen LogP contribution in [0.15, 0.2) is 0 Å². The Morgan fingerprint density at radius 1 is 0.957 bits per heavy atom. The molecule has 4 aliphatic rings. The molecule has 0 aromatic rings. The van der Waals surface area contributed by atoms with Crippen LogP contribution in [0.25, 0.3) is 0 Å². The number of nitrogens with zero attached hydrogens (tertiary/aromatic N) is 1. The summed E-state index contributed by atoms with van der Waals surface area (Å²) in [6.45, 7) is 4.69. The van der Waals surface area contributed by atoms with Gasteiger partial charge in [0.2, 0.25) is 6.04 Å². The Hall–Kier alpha value is -0.640. The number of hydrogen-bond donors (Lipinski definition) is 1. The van der Waals surface area contributed by atoms with Crippen LogP contribution in [-0.2, 0) is 0 Å². The van der Waals surface area contributed by atoms with Gasteiger partial charge in [-0.25, -0.2) is 0 Å². The summed E-state index contributed by atoms with van der Waals surface area (Å²) in [5.74, 6) is 2.65. The molecular weight excluding hydrogens is 290 g/mol. The second-order valence-corrected chi connectivity index (χ2v) is 9.51. The Balaban J connectivity index is 1.61. The molecule has 130 valence electrons. The van der Waals surface area contributed by atoms with Crippen molar-refractivity contribution in [3.05, 3.63) is 10.1 Å². The molecule has 4 fully saturated rings. The Bertz CT molecular complexity index is 509. The van der Waals surface area contributed by atoms with Crippen LogP contribution >= 0.6 is 0 Å². The fourth-order valence-corrected chi connectivity index (χ4v) is 7.55. The number of nitro groups is 1. The van der Waals surface area contributed by atoms with Gasteiger partial charge in [0.05, 0.1) is 6.10 Å². The number of aliphatic hydroxyl groups is 1. The number of hydrogen-bond acceptors (Lipinski definition) is 3. The molecule has 0 radical (unpaired) electrons. The lowest BCUT2D eigenvalue weighted by Crippen LogP contribution is -2.55. The molecule has 4 aliphatic carbocycles. The Kier molecular flexibility index (Phi) is 3.57. The lowest BCUT2D eigenvalue weighted by molar-refractivity contribution is -0.540. The molecule has 0 bridgehead atoms. The Labute approximate surface area is 139 Å². The topological polar surface area (TPSA) is 63.4 Å². The van der Waals surface area contributed by atoms with Gasteiger partial charge in [0.1, 0.15) is 0 Å². The molecule has 4 unspecified atom stereocenters. The van der Waals surface area contributed by atoms with Crippen molar-refractivity contribution < 1.29 is 10.0 Å². The second kappa shape index (κ2) is 5.18. The minimum atomic E-state index is -0.313. The quantitative estimate of drug-likeness (QED) is 0.585. The van der Waals surface area contributed by atoms with E-state index < -0.39 is 0 Å². The highest BCUT2D eigenvalue weighted by Gasteiger charge is 2.63. The molecule has 0 amide bonds. The molecule has 4 saturated carbocycles. The first-order chi connectivity index (χ1) is 10.9. The van der Waals surface area contributed by atoms with E-state index in [9.17, 15) is 15.2 Å². The van der Waals surface area contributed by atoms with Gasteiger partial charge in [0, 0.05) is 16.8 Å². The van der Waals surface area contributed by atoms with Gasteiger partial charge in [-0.2, -0.15) is 0 Å². The number of aliphatic hydroxyl groups excluding tert-OH is 1. The summed E-state index contributed by atoms with van der Waals surface area (Å²) in [5.41, 5.74) is 0.304. The lowest BCUT2D eigenvalue weighted by Gasteiger charge is -2.60. The molecular formula is C19H31NO3. The third-order valence-electron chi connectivity index (χ3n) is 8.84. The van der Waals surface area contributed by atoms with E-state index >= 15 is 0 Å². The van der Waals surface area contributed by atoms with Gasteiger partial charge in [0.15, 0.2) is 0 Å². The molecule has 4 nitrogen and oxygen atoms in total. The van der Waals surface area contributed by atoms with E-state index in [1.165, 1.54) is 19.3 Å². The van der Waals surface area contributed by atoms with Gasteiger partial charge in [-0.15, -0.1) is 0 Å². The van der Waals surface area contributed by atoms with E-state index in [1.54, 1.807) is 0 Å². The fraction of sp³-hybridized carbons (Fsp3) is 1.00. The molecule has 4 heteroatoms. The van der Waals surface area contributed by atoms with Crippen molar-refractivity contribution in [1.82, 2.24) is 0 Å². The number of fused-ring (bicyclic) bond motifs is 5. The molecule has 0 aromatic carbocycles. The first-order valence-electron chi connectivity index (χ1n) is 9.68. The van der Waals surface area contributed by atoms with Gasteiger partial charge in [0.25, 0.3) is 0 Å². The second-order valence-electron chi connectivity index (χ2n) is 9.51. The zero-order valence-corrected chi connectivity index (χ0v) is 14.5. The smallest absolute Gasteiger partial charge is 0.218 e. The van der Waals surface area contributed by atoms with Crippen molar-refractivity contribution in [3.63, 3.8) is 0 Å². The summed E-state index contributed by atoms with van der Waals surface area (Å²) in [7, 11) is 0. The Morgan fingerprint density at radius 3 is 2.39 bits per heavy atom. The van der Waals surface area contributed by atoms with Crippen molar-refractivity contribution >= 4 is 0 Å². The molecule has 4 rings (SSSR count). The highest BCUT2D eigenvalue weighted by atomic mass is 16.6. The highest BCUT2D eigenvalue weighted by molar-refractivity contribution is 5.09. The largest absolute Gasteiger partial charge is 0.393 e. The fourth-order valence-electron chi connectivity index (χ4n) is 7.55. The summed E-state index contributed by atoms with van der Waals surface area (Å²) < 4.78 is 0. The van der Waals surface area contributed by atoms with Gasteiger partial charge in [-0.3, -0.25) is 10.1 Å². The van der Waals surface area contributed by atoms with Crippen LogP contribution < -0.4 is 0 Å². The molecule has 1 N–H and O–H groups in total. The van der Waals surface area contributed by atoms with Crippen molar-refractivity contribution in [2.75, 3.05) is 0 Å². The summed E-state index contributed by atoms with van der Waals surface area (Å²) in [5, 5.41) is 21.6. The number of rotatable bonds is 1. The maximum absolute atomic E-state index is 11.5. The van der Waals surface area contributed by atoms with E-state index in [0.29, 0.717) is 23.2 Å². The summed E-state index contributed by atoms with van der Waals surface area (Å²) in [6.07, 6.45) is 9.52. The maximum Gasteiger partial charge on any atom is 0.218 e. The predicted molar refractivity (Wildman–Crippen MR) is 88.5 cm³/mol. The molecule has 8 atom stereocenters. The minimum absolute atomic E-state index is 0.0185. The van der Waals surface area contributed by atoms with Gasteiger partial charge in [-0.05, 0) is 80.5 Å². The average Bonchev–Trinajstić information content (AvgIpc) is 2.85. The normalized spacial score (nSPS) is 55.6. The van der Waals surface area contributed by atoms with Gasteiger partial charge < -0.3 is 5.11 Å². The van der Waals surface area contributed by atoms with Crippen LogP contribution in [0.1, 0.15) is 71.6 Å². The Morgan fingerprint density at radius 2 is 1.65 bits per heavy atom. The van der Waals surface area contributed by atoms with E-state index in [4.69, 9.17) is 0 Å². The average molecular weight is 321 g/mol. The van der Waals surface area contributed by atoms with E-state index in [-0.39, 0.29) is 22.5 Å². The van der Waals surface area contributed by atoms with Crippen molar-refractivity contribution in [2.45, 2.75) is 83.8 Å². The minimum Gasteiger partial charge on any atom is -0.393 e. The lowest BCUT2D eigenvalue weighted by atomic mass is 9.45. The zero-order chi connectivity index (χ0) is 16.4. The molecule has 0 aromatic heterocycles. The van der Waals surface area contributed by atoms with Crippen LogP contribution in [0.3, 0.4) is 0 Å². The van der Waals surface area contributed by atoms with Gasteiger partial charge in [-0.1, -0.05) is 13.8 Å². The van der Waals surface area contributed by atoms with Gasteiger partial charge >= 0.3 is 0 Å². The van der Waals surface area contributed by atoms with Crippen LogP contribution in [0.4, 0.5) is 0 Å².